The Hall–Kier alpha value is 0.0200. The van der Waals surface area contributed by atoms with Crippen LogP contribution in [0, 0.1) is 5.92 Å². The van der Waals surface area contributed by atoms with Crippen LogP contribution in [0.25, 0.3) is 0 Å². The Labute approximate surface area is 85.7 Å². The third-order valence-corrected chi connectivity index (χ3v) is 3.89. The summed E-state index contributed by atoms with van der Waals surface area (Å²) in [5, 5.41) is 0.340. The summed E-state index contributed by atoms with van der Waals surface area (Å²) in [7, 11) is 0. The summed E-state index contributed by atoms with van der Waals surface area (Å²) < 4.78 is 0. The van der Waals surface area contributed by atoms with Crippen molar-refractivity contribution in [1.82, 2.24) is 0 Å². The molecule has 0 aromatic carbocycles. The van der Waals surface area contributed by atoms with Gasteiger partial charge in [-0.1, -0.05) is 20.3 Å². The fourth-order valence-electron chi connectivity index (χ4n) is 1.57. The summed E-state index contributed by atoms with van der Waals surface area (Å²) >= 11 is 1.88. The second kappa shape index (κ2) is 5.69. The lowest BCUT2D eigenvalue weighted by molar-refractivity contribution is -0.119. The fraction of sp³-hybridized carbons (Fsp3) is 0.909. The van der Waals surface area contributed by atoms with E-state index in [0.29, 0.717) is 11.0 Å². The number of hydrogen-bond acceptors (Lipinski definition) is 2. The molecule has 13 heavy (non-hydrogen) atoms. The van der Waals surface area contributed by atoms with Crippen LogP contribution in [-0.4, -0.2) is 16.8 Å². The van der Waals surface area contributed by atoms with E-state index in [4.69, 9.17) is 0 Å². The molecule has 2 heteroatoms. The van der Waals surface area contributed by atoms with Gasteiger partial charge >= 0.3 is 0 Å². The SMILES string of the molecule is CC(C)CCSC1CCCCC1=O. The van der Waals surface area contributed by atoms with Crippen molar-refractivity contribution < 1.29 is 4.79 Å². The van der Waals surface area contributed by atoms with Crippen molar-refractivity contribution in [3.8, 4) is 0 Å². The van der Waals surface area contributed by atoms with E-state index < -0.39 is 0 Å². The molecular weight excluding hydrogens is 180 g/mol. The van der Waals surface area contributed by atoms with Gasteiger partial charge in [0.2, 0.25) is 0 Å². The summed E-state index contributed by atoms with van der Waals surface area (Å²) in [5.41, 5.74) is 0. The molecule has 0 radical (unpaired) electrons. The van der Waals surface area contributed by atoms with E-state index in [1.807, 2.05) is 11.8 Å². The van der Waals surface area contributed by atoms with Crippen LogP contribution in [0.3, 0.4) is 0 Å². The quantitative estimate of drug-likeness (QED) is 0.693. The van der Waals surface area contributed by atoms with E-state index in [0.717, 1.165) is 30.9 Å². The molecular formula is C11H20OS. The fourth-order valence-corrected chi connectivity index (χ4v) is 3.10. The molecule has 76 valence electrons. The van der Waals surface area contributed by atoms with Gasteiger partial charge in [-0.3, -0.25) is 4.79 Å². The summed E-state index contributed by atoms with van der Waals surface area (Å²) in [6, 6.07) is 0. The zero-order valence-corrected chi connectivity index (χ0v) is 9.53. The number of Topliss-reactive ketones (excluding diaryl/α,β-unsaturated/α-hetero) is 1. The first-order valence-corrected chi connectivity index (χ1v) is 6.39. The molecule has 1 unspecified atom stereocenters. The molecule has 1 aliphatic carbocycles. The van der Waals surface area contributed by atoms with Crippen LogP contribution in [0.15, 0.2) is 0 Å². The van der Waals surface area contributed by atoms with Crippen LogP contribution in [0.1, 0.15) is 46.0 Å². The van der Waals surface area contributed by atoms with Gasteiger partial charge in [0, 0.05) is 6.42 Å². The molecule has 0 heterocycles. The summed E-state index contributed by atoms with van der Waals surface area (Å²) in [6.07, 6.45) is 5.58. The summed E-state index contributed by atoms with van der Waals surface area (Å²) in [6.45, 7) is 4.48. The number of carbonyl (C=O) groups excluding carboxylic acids is 1. The van der Waals surface area contributed by atoms with Crippen molar-refractivity contribution in [2.75, 3.05) is 5.75 Å². The highest BCUT2D eigenvalue weighted by Crippen LogP contribution is 2.26. The standard InChI is InChI=1S/C11H20OS/c1-9(2)7-8-13-11-6-4-3-5-10(11)12/h9,11H,3-8H2,1-2H3. The molecule has 0 N–H and O–H groups in total. The van der Waals surface area contributed by atoms with Crippen LogP contribution < -0.4 is 0 Å². The highest BCUT2D eigenvalue weighted by atomic mass is 32.2. The smallest absolute Gasteiger partial charge is 0.145 e. The van der Waals surface area contributed by atoms with Crippen molar-refractivity contribution in [2.45, 2.75) is 51.2 Å². The molecule has 1 atom stereocenters. The molecule has 0 aromatic rings. The van der Waals surface area contributed by atoms with Crippen LogP contribution >= 0.6 is 11.8 Å². The first-order valence-electron chi connectivity index (χ1n) is 5.34. The topological polar surface area (TPSA) is 17.1 Å². The maximum Gasteiger partial charge on any atom is 0.145 e. The lowest BCUT2D eigenvalue weighted by Gasteiger charge is -2.20. The van der Waals surface area contributed by atoms with Crippen LogP contribution in [0.4, 0.5) is 0 Å². The maximum absolute atomic E-state index is 11.4. The Morgan fingerprint density at radius 3 is 2.85 bits per heavy atom. The molecule has 1 rings (SSSR count). The second-order valence-corrected chi connectivity index (χ2v) is 5.56. The molecule has 0 spiro atoms. The van der Waals surface area contributed by atoms with Gasteiger partial charge in [-0.15, -0.1) is 0 Å². The maximum atomic E-state index is 11.4. The predicted molar refractivity (Wildman–Crippen MR) is 59.2 cm³/mol. The van der Waals surface area contributed by atoms with Crippen LogP contribution in [0.2, 0.25) is 0 Å². The monoisotopic (exact) mass is 200 g/mol. The zero-order valence-electron chi connectivity index (χ0n) is 8.71. The van der Waals surface area contributed by atoms with E-state index >= 15 is 0 Å². The van der Waals surface area contributed by atoms with Gasteiger partial charge in [0.1, 0.15) is 5.78 Å². The first-order chi connectivity index (χ1) is 6.20. The molecule has 0 saturated heterocycles. The Morgan fingerprint density at radius 1 is 1.46 bits per heavy atom. The lowest BCUT2D eigenvalue weighted by atomic mass is 9.99. The van der Waals surface area contributed by atoms with Crippen molar-refractivity contribution >= 4 is 17.5 Å². The lowest BCUT2D eigenvalue weighted by Crippen LogP contribution is -2.21. The van der Waals surface area contributed by atoms with E-state index in [1.165, 1.54) is 12.8 Å². The molecule has 0 aliphatic heterocycles. The molecule has 1 aliphatic rings. The minimum absolute atomic E-state index is 0.340. The Kier molecular flexibility index (Phi) is 4.86. The molecule has 0 amide bonds. The molecule has 0 aromatic heterocycles. The largest absolute Gasteiger partial charge is 0.298 e. The second-order valence-electron chi connectivity index (χ2n) is 4.25. The van der Waals surface area contributed by atoms with Crippen LogP contribution in [-0.2, 0) is 4.79 Å². The summed E-state index contributed by atoms with van der Waals surface area (Å²) in [5.74, 6) is 2.43. The normalized spacial score (nSPS) is 23.9. The Balaban J connectivity index is 2.15. The number of thioether (sulfide) groups is 1. The minimum atomic E-state index is 0.340. The number of hydrogen-bond donors (Lipinski definition) is 0. The van der Waals surface area contributed by atoms with Gasteiger partial charge in [-0.2, -0.15) is 11.8 Å². The van der Waals surface area contributed by atoms with Gasteiger partial charge < -0.3 is 0 Å². The first kappa shape index (κ1) is 11.1. The van der Waals surface area contributed by atoms with Gasteiger partial charge in [-0.25, -0.2) is 0 Å². The van der Waals surface area contributed by atoms with Crippen molar-refractivity contribution in [3.05, 3.63) is 0 Å². The highest BCUT2D eigenvalue weighted by Gasteiger charge is 2.21. The van der Waals surface area contributed by atoms with Gasteiger partial charge in [0.05, 0.1) is 5.25 Å². The van der Waals surface area contributed by atoms with E-state index in [9.17, 15) is 4.79 Å². The predicted octanol–water partition coefficient (Wildman–Crippen LogP) is 3.28. The van der Waals surface area contributed by atoms with Gasteiger partial charge in [-0.05, 0) is 30.9 Å². The number of rotatable bonds is 4. The Bertz CT molecular complexity index is 165. The highest BCUT2D eigenvalue weighted by molar-refractivity contribution is 8.00. The minimum Gasteiger partial charge on any atom is -0.298 e. The molecule has 1 nitrogen and oxygen atoms in total. The van der Waals surface area contributed by atoms with Crippen molar-refractivity contribution in [1.29, 1.82) is 0 Å². The zero-order chi connectivity index (χ0) is 9.68. The van der Waals surface area contributed by atoms with Gasteiger partial charge in [0.15, 0.2) is 0 Å². The van der Waals surface area contributed by atoms with E-state index in [1.54, 1.807) is 0 Å². The molecule has 0 bridgehead atoms. The van der Waals surface area contributed by atoms with Crippen molar-refractivity contribution in [3.63, 3.8) is 0 Å². The Morgan fingerprint density at radius 2 is 2.23 bits per heavy atom. The third kappa shape index (κ3) is 4.17. The average molecular weight is 200 g/mol. The van der Waals surface area contributed by atoms with E-state index in [2.05, 4.69) is 13.8 Å². The van der Waals surface area contributed by atoms with Gasteiger partial charge in [0.25, 0.3) is 0 Å². The average Bonchev–Trinajstić information content (AvgIpc) is 2.08. The number of carbonyl (C=O) groups is 1. The van der Waals surface area contributed by atoms with Crippen molar-refractivity contribution in [2.24, 2.45) is 5.92 Å². The number of ketones is 1. The van der Waals surface area contributed by atoms with Crippen LogP contribution in [0.5, 0.6) is 0 Å². The molecule has 1 saturated carbocycles. The molecule has 1 fully saturated rings. The summed E-state index contributed by atoms with van der Waals surface area (Å²) in [4.78, 5) is 11.4. The van der Waals surface area contributed by atoms with E-state index in [-0.39, 0.29) is 0 Å². The third-order valence-electron chi connectivity index (χ3n) is 2.51.